The number of aliphatic hydroxyl groups excluding tert-OH is 3. The fourth-order valence-corrected chi connectivity index (χ4v) is 3.77. The van der Waals surface area contributed by atoms with E-state index >= 15 is 0 Å². The molecule has 2 aliphatic rings. The zero-order valence-corrected chi connectivity index (χ0v) is 15.3. The first-order valence-electron chi connectivity index (χ1n) is 9.50. The van der Waals surface area contributed by atoms with Crippen LogP contribution in [-0.2, 0) is 4.74 Å². The van der Waals surface area contributed by atoms with Crippen LogP contribution in [0.2, 0.25) is 0 Å². The molecule has 1 aliphatic heterocycles. The molecular weight excluding hydrogens is 366 g/mol. The Morgan fingerprint density at radius 1 is 1.25 bits per heavy atom. The van der Waals surface area contributed by atoms with Gasteiger partial charge in [0.15, 0.2) is 17.7 Å². The molecule has 1 saturated carbocycles. The highest BCUT2D eigenvalue weighted by molar-refractivity contribution is 5.83. The monoisotopic (exact) mass is 391 g/mol. The number of nitrogens with two attached hydrogens (primary N) is 1. The fourth-order valence-electron chi connectivity index (χ4n) is 3.77. The molecule has 6 N–H and O–H groups in total. The second-order valence-electron chi connectivity index (χ2n) is 7.27. The van der Waals surface area contributed by atoms with Crippen molar-refractivity contribution in [3.63, 3.8) is 0 Å². The number of hydrogen-bond donors (Lipinski definition) is 5. The van der Waals surface area contributed by atoms with E-state index in [-0.39, 0.29) is 11.8 Å². The molecule has 2 aromatic heterocycles. The van der Waals surface area contributed by atoms with E-state index in [9.17, 15) is 15.3 Å². The van der Waals surface area contributed by atoms with Gasteiger partial charge >= 0.3 is 0 Å². The zero-order chi connectivity index (χ0) is 19.7. The molecule has 1 aliphatic carbocycles. The third kappa shape index (κ3) is 3.53. The van der Waals surface area contributed by atoms with E-state index in [2.05, 4.69) is 25.5 Å². The molecule has 2 aromatic rings. The summed E-state index contributed by atoms with van der Waals surface area (Å²) in [5.41, 5.74) is 9.47. The summed E-state index contributed by atoms with van der Waals surface area (Å²) >= 11 is 0. The van der Waals surface area contributed by atoms with Gasteiger partial charge in [0.05, 0.1) is 12.9 Å². The van der Waals surface area contributed by atoms with Gasteiger partial charge in [0.25, 0.3) is 0 Å². The number of hydrazone groups is 1. The van der Waals surface area contributed by atoms with E-state index in [0.29, 0.717) is 17.1 Å². The highest BCUT2D eigenvalue weighted by Gasteiger charge is 2.44. The molecule has 1 unspecified atom stereocenters. The maximum Gasteiger partial charge on any atom is 0.247 e. The standard InChI is InChI=1S/C17H25N7O4/c18-14-11-15(22-17(21-14)23-20-6-9-4-2-1-3-5-9)24(8-19-11)16-13(27)12(26)10(7-25)28-16/h6,8-10,12-13,16,25-27H,1-5,7H2,(H3,18,21,22,23)/b20-6+/t10-,12-,13-,16?/m1/s1. The van der Waals surface area contributed by atoms with Gasteiger partial charge in [0.1, 0.15) is 23.8 Å². The maximum absolute atomic E-state index is 10.3. The van der Waals surface area contributed by atoms with Gasteiger partial charge in [0, 0.05) is 6.21 Å². The van der Waals surface area contributed by atoms with E-state index in [1.165, 1.54) is 30.2 Å². The number of aromatic nitrogens is 4. The normalized spacial score (nSPS) is 29.1. The zero-order valence-electron chi connectivity index (χ0n) is 15.3. The van der Waals surface area contributed by atoms with E-state index < -0.39 is 31.1 Å². The van der Waals surface area contributed by atoms with Crippen molar-refractivity contribution in [1.82, 2.24) is 19.5 Å². The van der Waals surface area contributed by atoms with Gasteiger partial charge in [-0.25, -0.2) is 10.4 Å². The number of aliphatic hydroxyl groups is 3. The highest BCUT2D eigenvalue weighted by atomic mass is 16.6. The smallest absolute Gasteiger partial charge is 0.247 e. The minimum atomic E-state index is -1.24. The molecule has 0 bridgehead atoms. The first-order valence-corrected chi connectivity index (χ1v) is 9.50. The lowest BCUT2D eigenvalue weighted by Crippen LogP contribution is -2.33. The summed E-state index contributed by atoms with van der Waals surface area (Å²) in [5, 5.41) is 33.8. The summed E-state index contributed by atoms with van der Waals surface area (Å²) in [6, 6.07) is 0. The quantitative estimate of drug-likeness (QED) is 0.348. The molecule has 0 radical (unpaired) electrons. The van der Waals surface area contributed by atoms with Crippen molar-refractivity contribution >= 4 is 29.1 Å². The van der Waals surface area contributed by atoms with Crippen LogP contribution >= 0.6 is 0 Å². The Balaban J connectivity index is 1.57. The fraction of sp³-hybridized carbons (Fsp3) is 0.647. The average molecular weight is 391 g/mol. The van der Waals surface area contributed by atoms with Gasteiger partial charge in [-0.3, -0.25) is 4.57 Å². The Morgan fingerprint density at radius 3 is 2.75 bits per heavy atom. The molecule has 0 amide bonds. The van der Waals surface area contributed by atoms with Crippen LogP contribution in [0.25, 0.3) is 11.2 Å². The van der Waals surface area contributed by atoms with Crippen molar-refractivity contribution in [1.29, 1.82) is 0 Å². The Labute approximate surface area is 161 Å². The topological polar surface area (TPSA) is 164 Å². The van der Waals surface area contributed by atoms with E-state index in [0.717, 1.165) is 12.8 Å². The lowest BCUT2D eigenvalue weighted by molar-refractivity contribution is -0.0511. The highest BCUT2D eigenvalue weighted by Crippen LogP contribution is 2.32. The van der Waals surface area contributed by atoms with Crippen LogP contribution in [0.3, 0.4) is 0 Å². The number of fused-ring (bicyclic) bond motifs is 1. The third-order valence-electron chi connectivity index (χ3n) is 5.34. The summed E-state index contributed by atoms with van der Waals surface area (Å²) in [6.45, 7) is -0.416. The van der Waals surface area contributed by atoms with Crippen molar-refractivity contribution in [2.24, 2.45) is 11.0 Å². The van der Waals surface area contributed by atoms with Crippen LogP contribution in [0.4, 0.5) is 11.8 Å². The van der Waals surface area contributed by atoms with E-state index in [1.54, 1.807) is 0 Å². The maximum atomic E-state index is 10.3. The van der Waals surface area contributed by atoms with Gasteiger partial charge in [0.2, 0.25) is 5.95 Å². The van der Waals surface area contributed by atoms with Gasteiger partial charge in [-0.2, -0.15) is 15.1 Å². The molecule has 11 nitrogen and oxygen atoms in total. The van der Waals surface area contributed by atoms with Crippen molar-refractivity contribution in [3.05, 3.63) is 6.33 Å². The summed E-state index contributed by atoms with van der Waals surface area (Å²) in [6.07, 6.45) is 4.95. The average Bonchev–Trinajstić information content (AvgIpc) is 3.24. The Kier molecular flexibility index (Phi) is 5.40. The van der Waals surface area contributed by atoms with E-state index in [1.807, 2.05) is 6.21 Å². The Bertz CT molecular complexity index is 851. The number of rotatable bonds is 5. The first-order chi connectivity index (χ1) is 13.6. The predicted octanol–water partition coefficient (Wildman–Crippen LogP) is -0.00200. The molecule has 2 fully saturated rings. The number of imidazole rings is 1. The van der Waals surface area contributed by atoms with Gasteiger partial charge in [-0.15, -0.1) is 0 Å². The van der Waals surface area contributed by atoms with E-state index in [4.69, 9.17) is 10.5 Å². The minimum Gasteiger partial charge on any atom is -0.394 e. The molecule has 1 saturated heterocycles. The van der Waals surface area contributed by atoms with Crippen LogP contribution in [0, 0.1) is 5.92 Å². The van der Waals surface area contributed by atoms with Crippen LogP contribution in [0.1, 0.15) is 38.3 Å². The summed E-state index contributed by atoms with van der Waals surface area (Å²) < 4.78 is 7.01. The summed E-state index contributed by atoms with van der Waals surface area (Å²) in [4.78, 5) is 12.7. The number of ether oxygens (including phenoxy) is 1. The molecule has 0 aromatic carbocycles. The Morgan fingerprint density at radius 2 is 2.04 bits per heavy atom. The minimum absolute atomic E-state index is 0.158. The van der Waals surface area contributed by atoms with Crippen LogP contribution in [0.5, 0.6) is 0 Å². The molecule has 28 heavy (non-hydrogen) atoms. The number of nitrogens with one attached hydrogen (secondary N) is 1. The van der Waals surface area contributed by atoms with Crippen LogP contribution in [0.15, 0.2) is 11.4 Å². The Hall–Kier alpha value is -2.34. The van der Waals surface area contributed by atoms with Gasteiger partial charge < -0.3 is 25.8 Å². The lowest BCUT2D eigenvalue weighted by Gasteiger charge is -2.17. The molecule has 4 atom stereocenters. The third-order valence-corrected chi connectivity index (χ3v) is 5.34. The van der Waals surface area contributed by atoms with Gasteiger partial charge in [-0.1, -0.05) is 19.3 Å². The second-order valence-corrected chi connectivity index (χ2v) is 7.27. The molecule has 11 heteroatoms. The van der Waals surface area contributed by atoms with Crippen molar-refractivity contribution in [2.75, 3.05) is 17.8 Å². The molecule has 0 spiro atoms. The van der Waals surface area contributed by atoms with Crippen LogP contribution < -0.4 is 11.2 Å². The predicted molar refractivity (Wildman–Crippen MR) is 101 cm³/mol. The SMILES string of the molecule is Nc1nc(N/N=C/C2CCCCC2)nc2c1ncn2C1O[C@H](CO)[C@@H](O)[C@H]1O. The lowest BCUT2D eigenvalue weighted by atomic mass is 9.90. The molecule has 152 valence electrons. The molecule has 3 heterocycles. The van der Waals surface area contributed by atoms with Crippen molar-refractivity contribution in [3.8, 4) is 0 Å². The number of anilines is 2. The number of hydrogen-bond acceptors (Lipinski definition) is 10. The number of nitrogens with zero attached hydrogens (tertiary/aromatic N) is 5. The first kappa shape index (κ1) is 19.0. The van der Waals surface area contributed by atoms with Gasteiger partial charge in [-0.05, 0) is 18.8 Å². The van der Waals surface area contributed by atoms with Crippen LogP contribution in [-0.4, -0.2) is 66.0 Å². The molecular formula is C17H25N7O4. The summed E-state index contributed by atoms with van der Waals surface area (Å²) in [7, 11) is 0. The largest absolute Gasteiger partial charge is 0.394 e. The summed E-state index contributed by atoms with van der Waals surface area (Å²) in [5.74, 6) is 0.809. The molecule has 4 rings (SSSR count). The van der Waals surface area contributed by atoms with Crippen molar-refractivity contribution < 1.29 is 20.1 Å². The number of nitrogen functional groups attached to an aromatic ring is 1. The second kappa shape index (κ2) is 7.95. The van der Waals surface area contributed by atoms with Crippen molar-refractivity contribution in [2.45, 2.75) is 56.6 Å².